The molecule has 0 aromatic heterocycles. The number of methoxy groups -OCH3 is 1. The summed E-state index contributed by atoms with van der Waals surface area (Å²) in [4.78, 5) is 10.3. The second kappa shape index (κ2) is 5.24. The van der Waals surface area contributed by atoms with Crippen LogP contribution >= 0.6 is 0 Å². The Morgan fingerprint density at radius 2 is 2.27 bits per heavy atom. The van der Waals surface area contributed by atoms with Gasteiger partial charge in [0.1, 0.15) is 5.75 Å². The Bertz CT molecular complexity index is 350. The first-order valence-corrected chi connectivity index (χ1v) is 4.78. The summed E-state index contributed by atoms with van der Waals surface area (Å²) < 4.78 is 5.07. The van der Waals surface area contributed by atoms with E-state index in [9.17, 15) is 4.79 Å². The molecule has 0 saturated carbocycles. The lowest BCUT2D eigenvalue weighted by atomic mass is 10.1. The second-order valence-electron chi connectivity index (χ2n) is 3.28. The molecule has 3 N–H and O–H groups in total. The highest BCUT2D eigenvalue weighted by Gasteiger charge is 2.05. The van der Waals surface area contributed by atoms with Crippen LogP contribution in [0.3, 0.4) is 0 Å². The van der Waals surface area contributed by atoms with Crippen molar-refractivity contribution >= 4 is 11.7 Å². The van der Waals surface area contributed by atoms with Gasteiger partial charge >= 0.3 is 5.97 Å². The maximum Gasteiger partial charge on any atom is 0.303 e. The molecule has 0 spiro atoms. The summed E-state index contributed by atoms with van der Waals surface area (Å²) in [6.07, 6.45) is 1.42. The normalized spacial score (nSPS) is 9.93. The molecule has 0 saturated heterocycles. The molecule has 4 nitrogen and oxygen atoms in total. The number of carboxylic acid groups (broad SMARTS) is 1. The predicted octanol–water partition coefficient (Wildman–Crippen LogP) is 1.68. The first-order valence-electron chi connectivity index (χ1n) is 4.78. The molecular weight excluding hydrogens is 194 g/mol. The Labute approximate surface area is 88.7 Å². The first kappa shape index (κ1) is 11.4. The van der Waals surface area contributed by atoms with Crippen LogP contribution in [0.5, 0.6) is 5.75 Å². The van der Waals surface area contributed by atoms with Crippen molar-refractivity contribution in [1.82, 2.24) is 0 Å². The van der Waals surface area contributed by atoms with Crippen LogP contribution in [0.1, 0.15) is 18.4 Å². The molecule has 0 atom stereocenters. The lowest BCUT2D eigenvalue weighted by Gasteiger charge is -2.09. The smallest absolute Gasteiger partial charge is 0.303 e. The highest BCUT2D eigenvalue weighted by Crippen LogP contribution is 2.25. The van der Waals surface area contributed by atoms with Crippen LogP contribution in [0.2, 0.25) is 0 Å². The first-order chi connectivity index (χ1) is 7.15. The molecule has 0 aliphatic carbocycles. The van der Waals surface area contributed by atoms with Crippen LogP contribution in [0.25, 0.3) is 0 Å². The molecule has 0 aliphatic rings. The van der Waals surface area contributed by atoms with Gasteiger partial charge in [0.15, 0.2) is 0 Å². The van der Waals surface area contributed by atoms with Crippen molar-refractivity contribution in [3.63, 3.8) is 0 Å². The van der Waals surface area contributed by atoms with E-state index in [1.807, 2.05) is 12.1 Å². The van der Waals surface area contributed by atoms with Crippen molar-refractivity contribution in [1.29, 1.82) is 0 Å². The van der Waals surface area contributed by atoms with E-state index in [1.54, 1.807) is 13.2 Å². The van der Waals surface area contributed by atoms with E-state index in [-0.39, 0.29) is 6.42 Å². The van der Waals surface area contributed by atoms with Gasteiger partial charge in [-0.3, -0.25) is 4.79 Å². The summed E-state index contributed by atoms with van der Waals surface area (Å²) in [7, 11) is 1.56. The number of nitrogen functional groups attached to an aromatic ring is 1. The van der Waals surface area contributed by atoms with E-state index >= 15 is 0 Å². The third-order valence-electron chi connectivity index (χ3n) is 2.21. The molecule has 82 valence electrons. The number of benzene rings is 1. The van der Waals surface area contributed by atoms with Gasteiger partial charge in [0.2, 0.25) is 0 Å². The monoisotopic (exact) mass is 209 g/mol. The summed E-state index contributed by atoms with van der Waals surface area (Å²) >= 11 is 0. The molecule has 15 heavy (non-hydrogen) atoms. The number of hydrogen-bond acceptors (Lipinski definition) is 3. The van der Waals surface area contributed by atoms with E-state index < -0.39 is 5.97 Å². The van der Waals surface area contributed by atoms with Crippen LogP contribution in [-0.2, 0) is 11.2 Å². The van der Waals surface area contributed by atoms with Crippen molar-refractivity contribution < 1.29 is 14.6 Å². The van der Waals surface area contributed by atoms with E-state index in [0.29, 0.717) is 24.3 Å². The Morgan fingerprint density at radius 1 is 1.53 bits per heavy atom. The van der Waals surface area contributed by atoms with Gasteiger partial charge in [-0.1, -0.05) is 12.1 Å². The quantitative estimate of drug-likeness (QED) is 0.724. The van der Waals surface area contributed by atoms with Crippen LogP contribution in [0.15, 0.2) is 18.2 Å². The van der Waals surface area contributed by atoms with Crippen LogP contribution in [-0.4, -0.2) is 18.2 Å². The summed E-state index contributed by atoms with van der Waals surface area (Å²) in [6, 6.07) is 5.53. The minimum absolute atomic E-state index is 0.163. The average molecular weight is 209 g/mol. The van der Waals surface area contributed by atoms with Gasteiger partial charge in [-0.05, 0) is 24.5 Å². The number of ether oxygens (including phenoxy) is 1. The number of aryl methyl sites for hydroxylation is 1. The molecule has 0 amide bonds. The minimum Gasteiger partial charge on any atom is -0.495 e. The van der Waals surface area contributed by atoms with Crippen molar-refractivity contribution in [3.8, 4) is 5.75 Å². The zero-order valence-corrected chi connectivity index (χ0v) is 8.69. The minimum atomic E-state index is -0.781. The van der Waals surface area contributed by atoms with Crippen molar-refractivity contribution in [3.05, 3.63) is 23.8 Å². The summed E-state index contributed by atoms with van der Waals surface area (Å²) in [5.74, 6) is -0.140. The van der Waals surface area contributed by atoms with Crippen LogP contribution in [0.4, 0.5) is 5.69 Å². The number of hydrogen-bond donors (Lipinski definition) is 2. The number of nitrogens with two attached hydrogens (primary N) is 1. The maximum atomic E-state index is 10.3. The Balaban J connectivity index is 2.64. The van der Waals surface area contributed by atoms with E-state index in [4.69, 9.17) is 15.6 Å². The number of anilines is 1. The zero-order chi connectivity index (χ0) is 11.3. The fourth-order valence-corrected chi connectivity index (χ4v) is 1.42. The Morgan fingerprint density at radius 3 is 2.87 bits per heavy atom. The number of aliphatic carboxylic acids is 1. The average Bonchev–Trinajstić information content (AvgIpc) is 2.20. The van der Waals surface area contributed by atoms with Crippen molar-refractivity contribution in [2.45, 2.75) is 19.3 Å². The molecule has 4 heteroatoms. The molecule has 0 fully saturated rings. The van der Waals surface area contributed by atoms with E-state index in [2.05, 4.69) is 0 Å². The van der Waals surface area contributed by atoms with Crippen molar-refractivity contribution in [2.75, 3.05) is 12.8 Å². The topological polar surface area (TPSA) is 72.5 Å². The summed E-state index contributed by atoms with van der Waals surface area (Å²) in [6.45, 7) is 0. The molecule has 0 unspecified atom stereocenters. The summed E-state index contributed by atoms with van der Waals surface area (Å²) in [5.41, 5.74) is 7.38. The Hall–Kier alpha value is -1.71. The van der Waals surface area contributed by atoms with Crippen LogP contribution < -0.4 is 10.5 Å². The fraction of sp³-hybridized carbons (Fsp3) is 0.364. The number of carboxylic acids is 1. The second-order valence-corrected chi connectivity index (χ2v) is 3.28. The molecule has 1 aromatic rings. The molecule has 0 radical (unpaired) electrons. The number of para-hydroxylation sites is 1. The maximum absolute atomic E-state index is 10.3. The molecule has 0 heterocycles. The van der Waals surface area contributed by atoms with Gasteiger partial charge in [0.25, 0.3) is 0 Å². The standard InChI is InChI=1S/C11H15NO3/c1-15-9-6-2-4-8(11(9)12)5-3-7-10(13)14/h2,4,6H,3,5,7,12H2,1H3,(H,13,14). The third-order valence-corrected chi connectivity index (χ3v) is 2.21. The van der Waals surface area contributed by atoms with Gasteiger partial charge in [-0.25, -0.2) is 0 Å². The Kier molecular flexibility index (Phi) is 3.97. The molecule has 1 aromatic carbocycles. The van der Waals surface area contributed by atoms with Gasteiger partial charge in [0.05, 0.1) is 12.8 Å². The highest BCUT2D eigenvalue weighted by molar-refractivity contribution is 5.66. The number of rotatable bonds is 5. The fourth-order valence-electron chi connectivity index (χ4n) is 1.42. The van der Waals surface area contributed by atoms with Crippen LogP contribution in [0, 0.1) is 0 Å². The van der Waals surface area contributed by atoms with Gasteiger partial charge in [-0.2, -0.15) is 0 Å². The molecule has 1 rings (SSSR count). The van der Waals surface area contributed by atoms with Crippen molar-refractivity contribution in [2.24, 2.45) is 0 Å². The van der Waals surface area contributed by atoms with Gasteiger partial charge in [0, 0.05) is 6.42 Å². The van der Waals surface area contributed by atoms with Gasteiger partial charge < -0.3 is 15.6 Å². The van der Waals surface area contributed by atoms with Gasteiger partial charge in [-0.15, -0.1) is 0 Å². The van der Waals surface area contributed by atoms with E-state index in [0.717, 1.165) is 5.56 Å². The zero-order valence-electron chi connectivity index (χ0n) is 8.69. The van der Waals surface area contributed by atoms with E-state index in [1.165, 1.54) is 0 Å². The molecular formula is C11H15NO3. The number of carbonyl (C=O) groups is 1. The lowest BCUT2D eigenvalue weighted by Crippen LogP contribution is -2.00. The lowest BCUT2D eigenvalue weighted by molar-refractivity contribution is -0.137. The predicted molar refractivity (Wildman–Crippen MR) is 58.0 cm³/mol. The third kappa shape index (κ3) is 3.16. The molecule has 0 aliphatic heterocycles. The summed E-state index contributed by atoms with van der Waals surface area (Å²) in [5, 5.41) is 8.51. The highest BCUT2D eigenvalue weighted by atomic mass is 16.5. The SMILES string of the molecule is COc1cccc(CCCC(=O)O)c1N. The largest absolute Gasteiger partial charge is 0.495 e. The molecule has 0 bridgehead atoms.